The Bertz CT molecular complexity index is 1100. The molecule has 3 rings (SSSR count). The maximum atomic E-state index is 13.9. The number of ether oxygens (including phenoxy) is 1. The third-order valence-corrected chi connectivity index (χ3v) is 5.42. The molecule has 10 heteroatoms. The zero-order valence-corrected chi connectivity index (χ0v) is 17.7. The Morgan fingerprint density at radius 3 is 2.78 bits per heavy atom. The second kappa shape index (κ2) is 9.92. The van der Waals surface area contributed by atoms with Crippen LogP contribution in [0.3, 0.4) is 0 Å². The summed E-state index contributed by atoms with van der Waals surface area (Å²) in [5, 5.41) is 25.4. The van der Waals surface area contributed by atoms with Crippen LogP contribution in [0.15, 0.2) is 29.3 Å². The van der Waals surface area contributed by atoms with Crippen molar-refractivity contribution < 1.29 is 28.5 Å². The Kier molecular flexibility index (Phi) is 7.26. The van der Waals surface area contributed by atoms with Gasteiger partial charge >= 0.3 is 0 Å². The molecule has 2 atom stereocenters. The van der Waals surface area contributed by atoms with Crippen LogP contribution >= 0.6 is 0 Å². The van der Waals surface area contributed by atoms with Gasteiger partial charge in [0.1, 0.15) is 17.2 Å². The van der Waals surface area contributed by atoms with E-state index in [2.05, 4.69) is 10.6 Å². The summed E-state index contributed by atoms with van der Waals surface area (Å²) in [6.45, 7) is 2.44. The second-order valence-electron chi connectivity index (χ2n) is 7.51. The molecule has 8 nitrogen and oxygen atoms in total. The minimum Gasteiger partial charge on any atom is -0.516 e. The summed E-state index contributed by atoms with van der Waals surface area (Å²) in [6.07, 6.45) is 2.41. The van der Waals surface area contributed by atoms with E-state index in [4.69, 9.17) is 4.74 Å². The van der Waals surface area contributed by atoms with E-state index < -0.39 is 34.8 Å². The lowest BCUT2D eigenvalue weighted by Gasteiger charge is -2.20. The van der Waals surface area contributed by atoms with E-state index in [-0.39, 0.29) is 29.4 Å². The summed E-state index contributed by atoms with van der Waals surface area (Å²) in [5.41, 5.74) is -0.712. The zero-order valence-electron chi connectivity index (χ0n) is 17.7. The van der Waals surface area contributed by atoms with Crippen molar-refractivity contribution in [3.63, 3.8) is 0 Å². The molecule has 1 aliphatic rings. The van der Waals surface area contributed by atoms with E-state index >= 15 is 0 Å². The Labute approximate surface area is 183 Å². The van der Waals surface area contributed by atoms with Crippen molar-refractivity contribution >= 4 is 12.0 Å². The molecule has 2 aromatic rings. The van der Waals surface area contributed by atoms with Crippen LogP contribution in [0.25, 0.3) is 6.08 Å². The molecule has 2 heterocycles. The van der Waals surface area contributed by atoms with E-state index in [0.29, 0.717) is 37.6 Å². The Morgan fingerprint density at radius 2 is 2.12 bits per heavy atom. The van der Waals surface area contributed by atoms with Crippen molar-refractivity contribution in [3.8, 4) is 5.75 Å². The SMILES string of the molecule is COCCNC1C[C@H](C)n2c(/C=C/O)c(O)c(=O)c(C(=O)NCc3ccc(F)cc3F)c21. The number of nitrogens with one attached hydrogen (secondary N) is 2. The molecule has 172 valence electrons. The summed E-state index contributed by atoms with van der Waals surface area (Å²) in [6, 6.07) is 2.36. The molecule has 0 radical (unpaired) electrons. The lowest BCUT2D eigenvalue weighted by Crippen LogP contribution is -2.34. The second-order valence-corrected chi connectivity index (χ2v) is 7.51. The van der Waals surface area contributed by atoms with E-state index in [1.165, 1.54) is 12.1 Å². The standard InChI is InChI=1S/C22H25F2N3O5/c1-12-9-16(25-6-8-32-2)19-18(21(30)20(29)17(5-7-28)27(12)19)22(31)26-11-13-3-4-14(23)10-15(13)24/h3-5,7,10,12,16,25,28-29H,6,8-9,11H2,1-2H3,(H,26,31)/b7-5+/t12-,16?/m0/s1. The highest BCUT2D eigenvalue weighted by atomic mass is 19.1. The van der Waals surface area contributed by atoms with Crippen molar-refractivity contribution in [1.82, 2.24) is 15.2 Å². The first-order valence-electron chi connectivity index (χ1n) is 10.1. The molecule has 0 bridgehead atoms. The number of hydrogen-bond acceptors (Lipinski definition) is 6. The number of benzene rings is 1. The number of carbonyl (C=O) groups is 1. The molecule has 1 aliphatic heterocycles. The lowest BCUT2D eigenvalue weighted by atomic mass is 10.0. The Morgan fingerprint density at radius 1 is 1.38 bits per heavy atom. The lowest BCUT2D eigenvalue weighted by molar-refractivity contribution is 0.0946. The highest BCUT2D eigenvalue weighted by Crippen LogP contribution is 2.39. The monoisotopic (exact) mass is 449 g/mol. The maximum Gasteiger partial charge on any atom is 0.257 e. The summed E-state index contributed by atoms with van der Waals surface area (Å²) in [4.78, 5) is 26.0. The molecule has 1 unspecified atom stereocenters. The van der Waals surface area contributed by atoms with Crippen molar-refractivity contribution in [2.75, 3.05) is 20.3 Å². The van der Waals surface area contributed by atoms with Crippen molar-refractivity contribution in [2.24, 2.45) is 0 Å². The first-order chi connectivity index (χ1) is 15.3. The molecule has 0 aliphatic carbocycles. The van der Waals surface area contributed by atoms with Gasteiger partial charge in [-0.1, -0.05) is 6.07 Å². The van der Waals surface area contributed by atoms with Gasteiger partial charge < -0.3 is 30.2 Å². The van der Waals surface area contributed by atoms with Crippen molar-refractivity contribution in [2.45, 2.75) is 32.0 Å². The normalized spacial score (nSPS) is 17.6. The van der Waals surface area contributed by atoms with Gasteiger partial charge in [-0.25, -0.2) is 8.78 Å². The molecule has 4 N–H and O–H groups in total. The van der Waals surface area contributed by atoms with E-state index in [1.807, 2.05) is 6.92 Å². The van der Waals surface area contributed by atoms with Gasteiger partial charge in [0.2, 0.25) is 5.43 Å². The Hall–Kier alpha value is -3.24. The fourth-order valence-electron chi connectivity index (χ4n) is 3.98. The van der Waals surface area contributed by atoms with Gasteiger partial charge in [-0.15, -0.1) is 0 Å². The van der Waals surface area contributed by atoms with Crippen LogP contribution in [0.2, 0.25) is 0 Å². The number of fused-ring (bicyclic) bond motifs is 1. The fraction of sp³-hybridized carbons (Fsp3) is 0.364. The van der Waals surface area contributed by atoms with Crippen LogP contribution in [0, 0.1) is 11.6 Å². The molecular formula is C22H25F2N3O5. The molecular weight excluding hydrogens is 424 g/mol. The number of rotatable bonds is 8. The number of aromatic nitrogens is 1. The Balaban J connectivity index is 2.03. The van der Waals surface area contributed by atoms with Crippen LogP contribution in [0.4, 0.5) is 8.78 Å². The van der Waals surface area contributed by atoms with Crippen molar-refractivity contribution in [1.29, 1.82) is 0 Å². The molecule has 1 aromatic heterocycles. The number of hydrogen-bond donors (Lipinski definition) is 4. The predicted molar refractivity (Wildman–Crippen MR) is 114 cm³/mol. The number of halogens is 2. The number of pyridine rings is 1. The topological polar surface area (TPSA) is 113 Å². The van der Waals surface area contributed by atoms with Gasteiger partial charge in [0.15, 0.2) is 5.75 Å². The zero-order chi connectivity index (χ0) is 23.4. The number of amides is 1. The third-order valence-electron chi connectivity index (χ3n) is 5.42. The molecule has 1 amide bonds. The minimum atomic E-state index is -0.908. The molecule has 0 spiro atoms. The van der Waals surface area contributed by atoms with Gasteiger partial charge in [-0.3, -0.25) is 9.59 Å². The number of aliphatic hydroxyl groups is 1. The van der Waals surface area contributed by atoms with Crippen LogP contribution in [-0.4, -0.2) is 40.9 Å². The number of nitrogens with zero attached hydrogens (tertiary/aromatic N) is 1. The molecule has 32 heavy (non-hydrogen) atoms. The summed E-state index contributed by atoms with van der Waals surface area (Å²) in [5.74, 6) is -3.05. The largest absolute Gasteiger partial charge is 0.516 e. The van der Waals surface area contributed by atoms with Gasteiger partial charge in [-0.2, -0.15) is 0 Å². The highest BCUT2D eigenvalue weighted by Gasteiger charge is 2.36. The summed E-state index contributed by atoms with van der Waals surface area (Å²) >= 11 is 0. The smallest absolute Gasteiger partial charge is 0.257 e. The highest BCUT2D eigenvalue weighted by molar-refractivity contribution is 5.96. The van der Waals surface area contributed by atoms with Crippen molar-refractivity contribution in [3.05, 3.63) is 68.8 Å². The van der Waals surface area contributed by atoms with Gasteiger partial charge in [0.25, 0.3) is 5.91 Å². The van der Waals surface area contributed by atoms with Crippen LogP contribution in [0.1, 0.15) is 52.7 Å². The predicted octanol–water partition coefficient (Wildman–Crippen LogP) is 2.53. The van der Waals surface area contributed by atoms with Gasteiger partial charge in [-0.05, 0) is 25.5 Å². The van der Waals surface area contributed by atoms with E-state index in [0.717, 1.165) is 6.07 Å². The summed E-state index contributed by atoms with van der Waals surface area (Å²) < 4.78 is 33.7. The first-order valence-corrected chi connectivity index (χ1v) is 10.1. The van der Waals surface area contributed by atoms with Gasteiger partial charge in [0, 0.05) is 37.9 Å². The fourth-order valence-corrected chi connectivity index (χ4v) is 3.98. The quantitative estimate of drug-likeness (QED) is 0.364. The van der Waals surface area contributed by atoms with E-state index in [9.17, 15) is 28.6 Å². The average Bonchev–Trinajstić information content (AvgIpc) is 3.06. The third kappa shape index (κ3) is 4.51. The van der Waals surface area contributed by atoms with E-state index in [1.54, 1.807) is 11.7 Å². The minimum absolute atomic E-state index is 0.0451. The number of aromatic hydroxyl groups is 1. The molecule has 1 aromatic carbocycles. The van der Waals surface area contributed by atoms with Crippen LogP contribution in [0.5, 0.6) is 5.75 Å². The first kappa shape index (κ1) is 23.4. The molecule has 0 saturated heterocycles. The van der Waals surface area contributed by atoms with Crippen LogP contribution < -0.4 is 16.1 Å². The molecule has 0 saturated carbocycles. The number of carbonyl (C=O) groups excluding carboxylic acids is 1. The number of aliphatic hydroxyl groups excluding tert-OH is 1. The van der Waals surface area contributed by atoms with Crippen LogP contribution in [-0.2, 0) is 11.3 Å². The molecule has 0 fully saturated rings. The maximum absolute atomic E-state index is 13.9. The summed E-state index contributed by atoms with van der Waals surface area (Å²) in [7, 11) is 1.55. The average molecular weight is 449 g/mol. The number of methoxy groups -OCH3 is 1. The van der Waals surface area contributed by atoms with Gasteiger partial charge in [0.05, 0.1) is 30.3 Å².